The molecule has 3 rings (SSSR count). The summed E-state index contributed by atoms with van der Waals surface area (Å²) in [5, 5.41) is 4.40. The number of likely N-dealkylation sites (tertiary alicyclic amines) is 1. The number of allylic oxidation sites excluding steroid dienone is 2. The van der Waals surface area contributed by atoms with Crippen molar-refractivity contribution in [1.82, 2.24) is 15.5 Å². The summed E-state index contributed by atoms with van der Waals surface area (Å²) in [6.45, 7) is 0.734. The molecule has 1 aromatic heterocycles. The number of urea groups is 1. The number of carbonyl (C=O) groups is 5. The molecular weight excluding hydrogens is 382 g/mol. The van der Waals surface area contributed by atoms with Crippen molar-refractivity contribution in [2.75, 3.05) is 6.61 Å². The first-order chi connectivity index (χ1) is 13.9. The van der Waals surface area contributed by atoms with Crippen LogP contribution in [0, 0.1) is 11.8 Å². The SMILES string of the molecule is C[C@@H](C(=O)OCC(=O)NC(=O)NCc1ccco1)N1C(=O)[C@H]2CC=CC[C@H]2C1=O. The van der Waals surface area contributed by atoms with Crippen LogP contribution in [0.5, 0.6) is 0 Å². The van der Waals surface area contributed by atoms with Gasteiger partial charge in [-0.1, -0.05) is 12.2 Å². The molecule has 10 heteroatoms. The summed E-state index contributed by atoms with van der Waals surface area (Å²) >= 11 is 0. The zero-order valence-corrected chi connectivity index (χ0v) is 15.8. The van der Waals surface area contributed by atoms with E-state index in [9.17, 15) is 24.0 Å². The van der Waals surface area contributed by atoms with Gasteiger partial charge in [0.15, 0.2) is 6.61 Å². The molecule has 5 amide bonds. The van der Waals surface area contributed by atoms with E-state index in [0.717, 1.165) is 4.90 Å². The van der Waals surface area contributed by atoms with Gasteiger partial charge in [0.05, 0.1) is 24.6 Å². The lowest BCUT2D eigenvalue weighted by Crippen LogP contribution is -2.46. The molecule has 0 radical (unpaired) electrons. The third kappa shape index (κ3) is 4.53. The van der Waals surface area contributed by atoms with Gasteiger partial charge in [-0.2, -0.15) is 0 Å². The highest BCUT2D eigenvalue weighted by Gasteiger charge is 2.50. The first kappa shape index (κ1) is 20.3. The van der Waals surface area contributed by atoms with Gasteiger partial charge in [-0.25, -0.2) is 9.59 Å². The van der Waals surface area contributed by atoms with Crippen molar-refractivity contribution in [3.8, 4) is 0 Å². The second-order valence-corrected chi connectivity index (χ2v) is 6.80. The van der Waals surface area contributed by atoms with Gasteiger partial charge >= 0.3 is 12.0 Å². The predicted octanol–water partition coefficient (Wildman–Crippen LogP) is 0.488. The van der Waals surface area contributed by atoms with Crippen LogP contribution in [-0.4, -0.2) is 47.3 Å². The van der Waals surface area contributed by atoms with E-state index in [1.807, 2.05) is 17.5 Å². The Kier molecular flexibility index (Phi) is 6.10. The molecule has 3 atom stereocenters. The molecular formula is C19H21N3O7. The summed E-state index contributed by atoms with van der Waals surface area (Å²) in [6, 6.07) is 1.37. The number of amides is 5. The number of imide groups is 2. The van der Waals surface area contributed by atoms with Crippen molar-refractivity contribution < 1.29 is 33.1 Å². The van der Waals surface area contributed by atoms with E-state index in [1.165, 1.54) is 13.2 Å². The zero-order chi connectivity index (χ0) is 21.0. The van der Waals surface area contributed by atoms with Crippen LogP contribution in [0.1, 0.15) is 25.5 Å². The Morgan fingerprint density at radius 3 is 2.45 bits per heavy atom. The molecule has 1 aromatic rings. The molecule has 0 aromatic carbocycles. The second-order valence-electron chi connectivity index (χ2n) is 6.80. The third-order valence-electron chi connectivity index (χ3n) is 4.87. The van der Waals surface area contributed by atoms with Gasteiger partial charge in [0, 0.05) is 0 Å². The van der Waals surface area contributed by atoms with Gasteiger partial charge < -0.3 is 14.5 Å². The Hall–Kier alpha value is -3.43. The molecule has 29 heavy (non-hydrogen) atoms. The van der Waals surface area contributed by atoms with Crippen LogP contribution in [0.15, 0.2) is 35.0 Å². The number of ether oxygens (including phenoxy) is 1. The number of carbonyl (C=O) groups excluding carboxylic acids is 5. The largest absolute Gasteiger partial charge is 0.467 e. The molecule has 10 nitrogen and oxygen atoms in total. The van der Waals surface area contributed by atoms with E-state index >= 15 is 0 Å². The zero-order valence-electron chi connectivity index (χ0n) is 15.8. The molecule has 0 saturated carbocycles. The number of fused-ring (bicyclic) bond motifs is 1. The molecule has 154 valence electrons. The Bertz CT molecular complexity index is 820. The van der Waals surface area contributed by atoms with Crippen molar-refractivity contribution in [3.63, 3.8) is 0 Å². The van der Waals surface area contributed by atoms with Gasteiger partial charge in [-0.05, 0) is 31.9 Å². The van der Waals surface area contributed by atoms with Crippen molar-refractivity contribution in [3.05, 3.63) is 36.3 Å². The predicted molar refractivity (Wildman–Crippen MR) is 96.7 cm³/mol. The smallest absolute Gasteiger partial charge is 0.329 e. The number of nitrogens with one attached hydrogen (secondary N) is 2. The summed E-state index contributed by atoms with van der Waals surface area (Å²) in [5.41, 5.74) is 0. The molecule has 0 unspecified atom stereocenters. The Morgan fingerprint density at radius 2 is 1.86 bits per heavy atom. The van der Waals surface area contributed by atoms with Crippen LogP contribution < -0.4 is 10.6 Å². The van der Waals surface area contributed by atoms with Crippen LogP contribution in [0.4, 0.5) is 4.79 Å². The van der Waals surface area contributed by atoms with Crippen LogP contribution >= 0.6 is 0 Å². The first-order valence-corrected chi connectivity index (χ1v) is 9.17. The van der Waals surface area contributed by atoms with Gasteiger partial charge in [-0.15, -0.1) is 0 Å². The van der Waals surface area contributed by atoms with E-state index in [-0.39, 0.29) is 6.54 Å². The Morgan fingerprint density at radius 1 is 1.21 bits per heavy atom. The average molecular weight is 403 g/mol. The van der Waals surface area contributed by atoms with Crippen LogP contribution in [-0.2, 0) is 30.5 Å². The van der Waals surface area contributed by atoms with Crippen molar-refractivity contribution in [2.24, 2.45) is 11.8 Å². The number of rotatable bonds is 6. The van der Waals surface area contributed by atoms with Crippen LogP contribution in [0.25, 0.3) is 0 Å². The topological polar surface area (TPSA) is 135 Å². The molecule has 2 aliphatic rings. The molecule has 1 saturated heterocycles. The third-order valence-corrected chi connectivity index (χ3v) is 4.87. The molecule has 1 aliphatic heterocycles. The number of furan rings is 1. The average Bonchev–Trinajstić information content (AvgIpc) is 3.31. The number of esters is 1. The minimum atomic E-state index is -1.15. The quantitative estimate of drug-likeness (QED) is 0.401. The molecule has 0 spiro atoms. The maximum absolute atomic E-state index is 12.5. The van der Waals surface area contributed by atoms with Gasteiger partial charge in [-0.3, -0.25) is 24.6 Å². The molecule has 1 aliphatic carbocycles. The van der Waals surface area contributed by atoms with Gasteiger partial charge in [0.1, 0.15) is 11.8 Å². The summed E-state index contributed by atoms with van der Waals surface area (Å²) in [5.74, 6) is -2.97. The highest BCUT2D eigenvalue weighted by molar-refractivity contribution is 6.08. The lowest BCUT2D eigenvalue weighted by molar-refractivity contribution is -0.159. The van der Waals surface area contributed by atoms with Crippen molar-refractivity contribution in [1.29, 1.82) is 0 Å². The van der Waals surface area contributed by atoms with Crippen LogP contribution in [0.3, 0.4) is 0 Å². The lowest BCUT2D eigenvalue weighted by atomic mass is 9.85. The Labute approximate surface area is 166 Å². The summed E-state index contributed by atoms with van der Waals surface area (Å²) in [4.78, 5) is 61.5. The maximum Gasteiger partial charge on any atom is 0.329 e. The summed E-state index contributed by atoms with van der Waals surface area (Å²) in [6.07, 6.45) is 6.06. The summed E-state index contributed by atoms with van der Waals surface area (Å²) < 4.78 is 9.90. The monoisotopic (exact) mass is 403 g/mol. The number of hydrogen-bond acceptors (Lipinski definition) is 7. The van der Waals surface area contributed by atoms with E-state index in [2.05, 4.69) is 5.32 Å². The molecule has 1 fully saturated rings. The van der Waals surface area contributed by atoms with Gasteiger partial charge in [0.2, 0.25) is 11.8 Å². The van der Waals surface area contributed by atoms with Crippen molar-refractivity contribution in [2.45, 2.75) is 32.4 Å². The van der Waals surface area contributed by atoms with E-state index in [4.69, 9.17) is 9.15 Å². The fourth-order valence-corrected chi connectivity index (χ4v) is 3.36. The van der Waals surface area contributed by atoms with E-state index in [0.29, 0.717) is 18.6 Å². The molecule has 2 heterocycles. The second kappa shape index (κ2) is 8.72. The minimum absolute atomic E-state index is 0.0826. The van der Waals surface area contributed by atoms with Crippen LogP contribution in [0.2, 0.25) is 0 Å². The van der Waals surface area contributed by atoms with E-state index < -0.39 is 54.2 Å². The van der Waals surface area contributed by atoms with Gasteiger partial charge in [0.25, 0.3) is 5.91 Å². The Balaban J connectivity index is 1.45. The highest BCUT2D eigenvalue weighted by Crippen LogP contribution is 2.36. The fourth-order valence-electron chi connectivity index (χ4n) is 3.36. The highest BCUT2D eigenvalue weighted by atomic mass is 16.5. The number of nitrogens with zero attached hydrogens (tertiary/aromatic N) is 1. The molecule has 2 N–H and O–H groups in total. The normalized spacial score (nSPS) is 21.5. The summed E-state index contributed by atoms with van der Waals surface area (Å²) in [7, 11) is 0. The van der Waals surface area contributed by atoms with E-state index in [1.54, 1.807) is 12.1 Å². The molecule has 0 bridgehead atoms. The minimum Gasteiger partial charge on any atom is -0.467 e. The number of hydrogen-bond donors (Lipinski definition) is 2. The first-order valence-electron chi connectivity index (χ1n) is 9.17. The standard InChI is InChI=1S/C19H21N3O7/c1-11(22-16(24)13-6-2-3-7-14(13)17(22)25)18(26)29-10-15(23)21-19(27)20-9-12-5-4-8-28-12/h2-5,8,11,13-14H,6-7,9-10H2,1H3,(H2,20,21,23,27)/t11-,13-,14+/m0/s1. The van der Waals surface area contributed by atoms with Crippen molar-refractivity contribution >= 4 is 29.7 Å². The maximum atomic E-state index is 12.5. The fraction of sp³-hybridized carbons (Fsp3) is 0.421. The lowest BCUT2D eigenvalue weighted by Gasteiger charge is -2.21.